The fourth-order valence-corrected chi connectivity index (χ4v) is 1.15. The van der Waals surface area contributed by atoms with Crippen molar-refractivity contribution in [3.63, 3.8) is 0 Å². The minimum Gasteiger partial charge on any atom is -0.298 e. The van der Waals surface area contributed by atoms with Crippen molar-refractivity contribution in [3.05, 3.63) is 41.5 Å². The summed E-state index contributed by atoms with van der Waals surface area (Å²) < 4.78 is 26.7. The highest BCUT2D eigenvalue weighted by Gasteiger charge is 2.11. The molecule has 5 heteroatoms. The summed E-state index contributed by atoms with van der Waals surface area (Å²) in [4.78, 5) is 10.3. The maximum absolute atomic E-state index is 13.3. The molecule has 0 aliphatic rings. The van der Waals surface area contributed by atoms with E-state index in [1.165, 1.54) is 25.4 Å². The fourth-order valence-electron chi connectivity index (χ4n) is 1.15. The van der Waals surface area contributed by atoms with Crippen LogP contribution in [0.5, 0.6) is 0 Å². The number of carbonyl (C=O) groups excluding carboxylic acids is 1. The molecule has 0 saturated carbocycles. The predicted molar refractivity (Wildman–Crippen MR) is 63.1 cm³/mol. The van der Waals surface area contributed by atoms with E-state index < -0.39 is 11.6 Å². The van der Waals surface area contributed by atoms with Crippen molar-refractivity contribution in [2.75, 3.05) is 12.1 Å². The summed E-state index contributed by atoms with van der Waals surface area (Å²) in [7, 11) is 1.42. The molecule has 0 N–H and O–H groups in total. The van der Waals surface area contributed by atoms with Crippen LogP contribution in [0.1, 0.15) is 6.92 Å². The van der Waals surface area contributed by atoms with Crippen LogP contribution < -0.4 is 5.01 Å². The molecule has 1 aromatic rings. The number of rotatable bonds is 4. The highest BCUT2D eigenvalue weighted by atomic mass is 19.1. The highest BCUT2D eigenvalue weighted by Crippen LogP contribution is 2.21. The Bertz CT molecular complexity index is 449. The third-order valence-corrected chi connectivity index (χ3v) is 2.02. The molecule has 0 aliphatic heterocycles. The van der Waals surface area contributed by atoms with Crippen LogP contribution in [0.25, 0.3) is 0 Å². The smallest absolute Gasteiger partial charge is 0.151 e. The molecule has 0 spiro atoms. The van der Waals surface area contributed by atoms with Crippen LogP contribution in [0.4, 0.5) is 14.5 Å². The van der Waals surface area contributed by atoms with Crippen LogP contribution in [0.2, 0.25) is 0 Å². The lowest BCUT2D eigenvalue weighted by atomic mass is 10.3. The monoisotopic (exact) mass is 238 g/mol. The van der Waals surface area contributed by atoms with E-state index in [1.807, 2.05) is 0 Å². The van der Waals surface area contributed by atoms with Gasteiger partial charge in [-0.15, -0.1) is 0 Å². The lowest BCUT2D eigenvalue weighted by Crippen LogP contribution is -2.12. The van der Waals surface area contributed by atoms with Crippen LogP contribution in [-0.2, 0) is 4.79 Å². The number of hydrogen-bond acceptors (Lipinski definition) is 3. The van der Waals surface area contributed by atoms with Gasteiger partial charge in [0.1, 0.15) is 12.0 Å². The molecule has 0 fully saturated rings. The van der Waals surface area contributed by atoms with Gasteiger partial charge in [-0.2, -0.15) is 5.10 Å². The van der Waals surface area contributed by atoms with Crippen LogP contribution in [0, 0.1) is 11.6 Å². The third kappa shape index (κ3) is 3.48. The van der Waals surface area contributed by atoms with Crippen molar-refractivity contribution in [2.45, 2.75) is 6.92 Å². The number of benzene rings is 1. The largest absolute Gasteiger partial charge is 0.298 e. The molecule has 0 bridgehead atoms. The van der Waals surface area contributed by atoms with Gasteiger partial charge in [-0.1, -0.05) is 6.07 Å². The summed E-state index contributed by atoms with van der Waals surface area (Å²) in [6.07, 6.45) is 3.41. The van der Waals surface area contributed by atoms with E-state index in [4.69, 9.17) is 0 Å². The van der Waals surface area contributed by atoms with E-state index >= 15 is 0 Å². The minimum atomic E-state index is -0.694. The van der Waals surface area contributed by atoms with Gasteiger partial charge in [-0.3, -0.25) is 9.80 Å². The Morgan fingerprint density at radius 2 is 1.94 bits per heavy atom. The normalized spacial score (nSPS) is 11.9. The first kappa shape index (κ1) is 13.0. The minimum absolute atomic E-state index is 0.235. The molecule has 17 heavy (non-hydrogen) atoms. The molecule has 90 valence electrons. The van der Waals surface area contributed by atoms with Gasteiger partial charge in [-0.25, -0.2) is 8.78 Å². The first-order valence-electron chi connectivity index (χ1n) is 4.90. The van der Waals surface area contributed by atoms with Gasteiger partial charge in [0, 0.05) is 13.3 Å². The predicted octanol–water partition coefficient (Wildman–Crippen LogP) is 2.53. The van der Waals surface area contributed by atoms with Gasteiger partial charge >= 0.3 is 0 Å². The lowest BCUT2D eigenvalue weighted by molar-refractivity contribution is -0.104. The van der Waals surface area contributed by atoms with E-state index in [1.54, 1.807) is 6.92 Å². The number of allylic oxidation sites excluding steroid dienone is 2. The Morgan fingerprint density at radius 1 is 1.35 bits per heavy atom. The van der Waals surface area contributed by atoms with E-state index in [0.717, 1.165) is 17.1 Å². The van der Waals surface area contributed by atoms with Crippen molar-refractivity contribution < 1.29 is 13.6 Å². The van der Waals surface area contributed by atoms with Crippen LogP contribution in [0.15, 0.2) is 34.9 Å². The number of carbonyl (C=O) groups is 1. The van der Waals surface area contributed by atoms with Gasteiger partial charge in [0.2, 0.25) is 0 Å². The molecule has 1 aromatic carbocycles. The van der Waals surface area contributed by atoms with Gasteiger partial charge < -0.3 is 0 Å². The Hall–Kier alpha value is -2.04. The quantitative estimate of drug-likeness (QED) is 0.349. The van der Waals surface area contributed by atoms with E-state index in [2.05, 4.69) is 5.10 Å². The van der Waals surface area contributed by atoms with Crippen molar-refractivity contribution >= 4 is 18.2 Å². The van der Waals surface area contributed by atoms with Crippen molar-refractivity contribution in [2.24, 2.45) is 5.10 Å². The lowest BCUT2D eigenvalue weighted by Gasteiger charge is -2.13. The molecule has 0 unspecified atom stereocenters. The number of para-hydroxylation sites is 1. The van der Waals surface area contributed by atoms with Crippen molar-refractivity contribution in [3.8, 4) is 0 Å². The average molecular weight is 238 g/mol. The molecular formula is C12H12F2N2O. The number of hydrazone groups is 1. The molecule has 0 aliphatic carbocycles. The standard InChI is InChI=1S/C12H12F2N2O/c1-9(8-17)6-7-15-16(2)12-10(13)4-3-5-11(12)14/h3-8H,1-2H3/b9-6-,15-7-. The Morgan fingerprint density at radius 3 is 2.47 bits per heavy atom. The molecule has 0 atom stereocenters. The number of anilines is 1. The third-order valence-electron chi connectivity index (χ3n) is 2.02. The SMILES string of the molecule is C/C(C=O)=C/C=N\N(C)c1c(F)cccc1F. The fraction of sp³-hybridized carbons (Fsp3) is 0.167. The average Bonchev–Trinajstić information content (AvgIpc) is 2.28. The zero-order valence-corrected chi connectivity index (χ0v) is 9.52. The summed E-state index contributed by atoms with van der Waals surface area (Å²) >= 11 is 0. The summed E-state index contributed by atoms with van der Waals surface area (Å²) in [6.45, 7) is 1.60. The summed E-state index contributed by atoms with van der Waals surface area (Å²) in [6, 6.07) is 3.58. The topological polar surface area (TPSA) is 32.7 Å². The van der Waals surface area contributed by atoms with Gasteiger partial charge in [0.05, 0.1) is 0 Å². The van der Waals surface area contributed by atoms with E-state index in [9.17, 15) is 13.6 Å². The number of halogens is 2. The van der Waals surface area contributed by atoms with E-state index in [0.29, 0.717) is 11.9 Å². The summed E-state index contributed by atoms with van der Waals surface area (Å²) in [5.74, 6) is -1.39. The van der Waals surface area contributed by atoms with Crippen LogP contribution in [0.3, 0.4) is 0 Å². The summed E-state index contributed by atoms with van der Waals surface area (Å²) in [5, 5.41) is 4.87. The maximum Gasteiger partial charge on any atom is 0.151 e. The number of nitrogens with zero attached hydrogens (tertiary/aromatic N) is 2. The second kappa shape index (κ2) is 5.89. The zero-order chi connectivity index (χ0) is 12.8. The maximum atomic E-state index is 13.3. The first-order chi connectivity index (χ1) is 8.06. The molecule has 1 rings (SSSR count). The summed E-state index contributed by atoms with van der Waals surface area (Å²) in [5.41, 5.74) is 0.233. The molecule has 0 amide bonds. The Kier molecular flexibility index (Phi) is 4.51. The Labute approximate surface area is 98.0 Å². The molecule has 0 radical (unpaired) electrons. The molecule has 0 heterocycles. The van der Waals surface area contributed by atoms with E-state index in [-0.39, 0.29) is 5.69 Å². The molecular weight excluding hydrogens is 226 g/mol. The van der Waals surface area contributed by atoms with Gasteiger partial charge in [-0.05, 0) is 30.7 Å². The van der Waals surface area contributed by atoms with Gasteiger partial charge in [0.25, 0.3) is 0 Å². The Balaban J connectivity index is 2.90. The molecule has 0 saturated heterocycles. The van der Waals surface area contributed by atoms with Crippen LogP contribution in [-0.4, -0.2) is 19.5 Å². The molecule has 3 nitrogen and oxygen atoms in total. The van der Waals surface area contributed by atoms with Crippen molar-refractivity contribution in [1.82, 2.24) is 0 Å². The number of hydrogen-bond donors (Lipinski definition) is 0. The molecule has 0 aromatic heterocycles. The zero-order valence-electron chi connectivity index (χ0n) is 9.52. The number of aldehydes is 1. The van der Waals surface area contributed by atoms with Crippen molar-refractivity contribution in [1.29, 1.82) is 0 Å². The second-order valence-electron chi connectivity index (χ2n) is 3.39. The van der Waals surface area contributed by atoms with Crippen LogP contribution >= 0.6 is 0 Å². The van der Waals surface area contributed by atoms with Gasteiger partial charge in [0.15, 0.2) is 11.6 Å². The first-order valence-corrected chi connectivity index (χ1v) is 4.90. The second-order valence-corrected chi connectivity index (χ2v) is 3.39. The highest BCUT2D eigenvalue weighted by molar-refractivity contribution is 5.83.